The third-order valence-corrected chi connectivity index (χ3v) is 4.51. The molecule has 3 amide bonds. The van der Waals surface area contributed by atoms with E-state index >= 15 is 0 Å². The number of nitrogens with zero attached hydrogens (tertiary/aromatic N) is 2. The lowest BCUT2D eigenvalue weighted by Crippen LogP contribution is -2.55. The van der Waals surface area contributed by atoms with Crippen LogP contribution in [0, 0.1) is 5.92 Å². The van der Waals surface area contributed by atoms with Gasteiger partial charge in [-0.3, -0.25) is 20.0 Å². The van der Waals surface area contributed by atoms with Crippen LogP contribution in [0.4, 0.5) is 4.79 Å². The SMILES string of the molecule is CC1(C2CCCN(Cc3ccccn3)C2)NC(=O)NC1=O. The number of likely N-dealkylation sites (tertiary alicyclic amines) is 1. The van der Waals surface area contributed by atoms with E-state index in [4.69, 9.17) is 0 Å². The summed E-state index contributed by atoms with van der Waals surface area (Å²) in [6.45, 7) is 4.39. The molecular weight excluding hydrogens is 268 g/mol. The van der Waals surface area contributed by atoms with Crippen LogP contribution in [0.15, 0.2) is 24.4 Å². The molecule has 1 aromatic rings. The maximum absolute atomic E-state index is 12.0. The number of amides is 3. The monoisotopic (exact) mass is 288 g/mol. The number of aromatic nitrogens is 1. The average molecular weight is 288 g/mol. The molecule has 21 heavy (non-hydrogen) atoms. The molecule has 2 N–H and O–H groups in total. The van der Waals surface area contributed by atoms with Crippen molar-refractivity contribution < 1.29 is 9.59 Å². The molecule has 112 valence electrons. The molecule has 0 aromatic carbocycles. The highest BCUT2D eigenvalue weighted by Gasteiger charge is 2.48. The van der Waals surface area contributed by atoms with Gasteiger partial charge >= 0.3 is 6.03 Å². The summed E-state index contributed by atoms with van der Waals surface area (Å²) >= 11 is 0. The minimum absolute atomic E-state index is 0.126. The zero-order valence-electron chi connectivity index (χ0n) is 12.1. The number of carbonyl (C=O) groups is 2. The molecule has 2 saturated heterocycles. The second-order valence-electron chi connectivity index (χ2n) is 6.01. The Bertz CT molecular complexity index is 548. The third-order valence-electron chi connectivity index (χ3n) is 4.51. The number of carbonyl (C=O) groups excluding carboxylic acids is 2. The van der Waals surface area contributed by atoms with Gasteiger partial charge in [0.05, 0.1) is 5.69 Å². The van der Waals surface area contributed by atoms with Gasteiger partial charge in [-0.2, -0.15) is 0 Å². The first-order chi connectivity index (χ1) is 10.1. The van der Waals surface area contributed by atoms with E-state index in [9.17, 15) is 9.59 Å². The number of rotatable bonds is 3. The summed E-state index contributed by atoms with van der Waals surface area (Å²) in [6.07, 6.45) is 3.77. The van der Waals surface area contributed by atoms with Gasteiger partial charge in [-0.05, 0) is 38.4 Å². The van der Waals surface area contributed by atoms with Crippen molar-refractivity contribution >= 4 is 11.9 Å². The molecule has 0 saturated carbocycles. The fourth-order valence-electron chi connectivity index (χ4n) is 3.24. The Balaban J connectivity index is 1.68. The van der Waals surface area contributed by atoms with E-state index in [1.165, 1.54) is 0 Å². The van der Waals surface area contributed by atoms with Gasteiger partial charge in [-0.15, -0.1) is 0 Å². The molecule has 6 nitrogen and oxygen atoms in total. The number of hydrogen-bond donors (Lipinski definition) is 2. The summed E-state index contributed by atoms with van der Waals surface area (Å²) in [4.78, 5) is 30.1. The Morgan fingerprint density at radius 2 is 2.29 bits per heavy atom. The van der Waals surface area contributed by atoms with E-state index in [2.05, 4.69) is 20.5 Å². The van der Waals surface area contributed by atoms with Gasteiger partial charge in [0.1, 0.15) is 5.54 Å². The minimum atomic E-state index is -0.792. The lowest BCUT2D eigenvalue weighted by molar-refractivity contribution is -0.126. The van der Waals surface area contributed by atoms with Gasteiger partial charge in [-0.25, -0.2) is 4.79 Å². The van der Waals surface area contributed by atoms with Crippen molar-refractivity contribution in [1.29, 1.82) is 0 Å². The number of pyridine rings is 1. The minimum Gasteiger partial charge on any atom is -0.323 e. The molecule has 6 heteroatoms. The van der Waals surface area contributed by atoms with Crippen molar-refractivity contribution in [2.24, 2.45) is 5.92 Å². The summed E-state index contributed by atoms with van der Waals surface area (Å²) < 4.78 is 0. The van der Waals surface area contributed by atoms with E-state index in [-0.39, 0.29) is 17.9 Å². The zero-order valence-corrected chi connectivity index (χ0v) is 12.1. The van der Waals surface area contributed by atoms with Crippen LogP contribution in [0.25, 0.3) is 0 Å². The van der Waals surface area contributed by atoms with Crippen LogP contribution >= 0.6 is 0 Å². The number of hydrogen-bond acceptors (Lipinski definition) is 4. The molecular formula is C15H20N4O2. The quantitative estimate of drug-likeness (QED) is 0.810. The number of piperidine rings is 1. The normalized spacial score (nSPS) is 30.0. The summed E-state index contributed by atoms with van der Waals surface area (Å²) in [7, 11) is 0. The van der Waals surface area contributed by atoms with Crippen LogP contribution in [0.2, 0.25) is 0 Å². The number of imide groups is 1. The second-order valence-corrected chi connectivity index (χ2v) is 6.01. The van der Waals surface area contributed by atoms with E-state index in [1.54, 1.807) is 6.20 Å². The molecule has 0 bridgehead atoms. The van der Waals surface area contributed by atoms with Crippen molar-refractivity contribution in [2.75, 3.05) is 13.1 Å². The molecule has 1 aromatic heterocycles. The summed E-state index contributed by atoms with van der Waals surface area (Å²) in [5, 5.41) is 5.14. The lowest BCUT2D eigenvalue weighted by atomic mass is 9.80. The highest BCUT2D eigenvalue weighted by atomic mass is 16.2. The van der Waals surface area contributed by atoms with E-state index in [1.807, 2.05) is 25.1 Å². The van der Waals surface area contributed by atoms with Crippen LogP contribution < -0.4 is 10.6 Å². The molecule has 2 unspecified atom stereocenters. The largest absolute Gasteiger partial charge is 0.323 e. The van der Waals surface area contributed by atoms with Crippen LogP contribution in [-0.2, 0) is 11.3 Å². The molecule has 3 rings (SSSR count). The van der Waals surface area contributed by atoms with Gasteiger partial charge in [-0.1, -0.05) is 6.07 Å². The standard InChI is InChI=1S/C15H20N4O2/c1-15(13(20)17-14(21)18-15)11-5-4-8-19(9-11)10-12-6-2-3-7-16-12/h2-3,6-7,11H,4-5,8-10H2,1H3,(H2,17,18,20,21). The molecule has 2 aliphatic rings. The van der Waals surface area contributed by atoms with Gasteiger partial charge < -0.3 is 5.32 Å². The van der Waals surface area contributed by atoms with Crippen molar-refractivity contribution in [1.82, 2.24) is 20.5 Å². The topological polar surface area (TPSA) is 74.3 Å². The van der Waals surface area contributed by atoms with Gasteiger partial charge in [0.25, 0.3) is 5.91 Å². The van der Waals surface area contributed by atoms with Gasteiger partial charge in [0.2, 0.25) is 0 Å². The summed E-state index contributed by atoms with van der Waals surface area (Å²) in [5.74, 6) is -0.0846. The van der Waals surface area contributed by atoms with Gasteiger partial charge in [0.15, 0.2) is 0 Å². The Labute approximate surface area is 123 Å². The maximum Gasteiger partial charge on any atom is 0.322 e. The molecule has 0 radical (unpaired) electrons. The van der Waals surface area contributed by atoms with Crippen molar-refractivity contribution in [2.45, 2.75) is 31.8 Å². The average Bonchev–Trinajstić information content (AvgIpc) is 2.74. The van der Waals surface area contributed by atoms with E-state index in [0.29, 0.717) is 0 Å². The Morgan fingerprint density at radius 3 is 2.95 bits per heavy atom. The van der Waals surface area contributed by atoms with Crippen molar-refractivity contribution in [3.05, 3.63) is 30.1 Å². The predicted octanol–water partition coefficient (Wildman–Crippen LogP) is 0.892. The van der Waals surface area contributed by atoms with Crippen LogP contribution in [-0.4, -0.2) is 40.5 Å². The maximum atomic E-state index is 12.0. The van der Waals surface area contributed by atoms with Crippen molar-refractivity contribution in [3.8, 4) is 0 Å². The molecule has 2 atom stereocenters. The fourth-order valence-corrected chi connectivity index (χ4v) is 3.24. The molecule has 3 heterocycles. The second kappa shape index (κ2) is 5.44. The van der Waals surface area contributed by atoms with E-state index < -0.39 is 5.54 Å². The predicted molar refractivity (Wildman–Crippen MR) is 77.3 cm³/mol. The highest BCUT2D eigenvalue weighted by molar-refractivity contribution is 6.06. The van der Waals surface area contributed by atoms with Crippen LogP contribution in [0.3, 0.4) is 0 Å². The number of urea groups is 1. The molecule has 0 spiro atoms. The molecule has 0 aliphatic carbocycles. The van der Waals surface area contributed by atoms with E-state index in [0.717, 1.165) is 38.2 Å². The first kappa shape index (κ1) is 14.0. The summed E-state index contributed by atoms with van der Waals surface area (Å²) in [6, 6.07) is 5.51. The first-order valence-corrected chi connectivity index (χ1v) is 7.34. The van der Waals surface area contributed by atoms with Crippen molar-refractivity contribution in [3.63, 3.8) is 0 Å². The molecule has 2 aliphatic heterocycles. The number of nitrogens with one attached hydrogen (secondary N) is 2. The molecule has 2 fully saturated rings. The van der Waals surface area contributed by atoms with Crippen LogP contribution in [0.5, 0.6) is 0 Å². The lowest BCUT2D eigenvalue weighted by Gasteiger charge is -2.39. The third kappa shape index (κ3) is 2.76. The highest BCUT2D eigenvalue weighted by Crippen LogP contribution is 2.30. The Kier molecular flexibility index (Phi) is 3.63. The Morgan fingerprint density at radius 1 is 1.43 bits per heavy atom. The van der Waals surface area contributed by atoms with Crippen LogP contribution in [0.1, 0.15) is 25.5 Å². The smallest absolute Gasteiger partial charge is 0.322 e. The Hall–Kier alpha value is -1.95. The zero-order chi connectivity index (χ0) is 14.9. The summed E-state index contributed by atoms with van der Waals surface area (Å²) in [5.41, 5.74) is 0.239. The van der Waals surface area contributed by atoms with Gasteiger partial charge in [0, 0.05) is 25.2 Å². The fraction of sp³-hybridized carbons (Fsp3) is 0.533. The first-order valence-electron chi connectivity index (χ1n) is 7.34.